The second-order valence-electron chi connectivity index (χ2n) is 4.99. The zero-order valence-corrected chi connectivity index (χ0v) is 11.8. The van der Waals surface area contributed by atoms with Crippen molar-refractivity contribution in [1.29, 1.82) is 0 Å². The van der Waals surface area contributed by atoms with E-state index in [1.807, 2.05) is 0 Å². The Morgan fingerprint density at radius 2 is 1.65 bits per heavy atom. The largest absolute Gasteiger partial charge is 0.396 e. The second kappa shape index (κ2) is 10.3. The second-order valence-corrected chi connectivity index (χ2v) is 4.99. The molecule has 0 atom stereocenters. The van der Waals surface area contributed by atoms with E-state index < -0.39 is 0 Å². The van der Waals surface area contributed by atoms with Crippen molar-refractivity contribution >= 4 is 0 Å². The summed E-state index contributed by atoms with van der Waals surface area (Å²) in [7, 11) is 0. The van der Waals surface area contributed by atoms with Crippen molar-refractivity contribution in [2.24, 2.45) is 0 Å². The molecular weight excluding hydrogens is 208 g/mol. The van der Waals surface area contributed by atoms with Gasteiger partial charge < -0.3 is 5.11 Å². The summed E-state index contributed by atoms with van der Waals surface area (Å²) in [5, 5.41) is 8.71. The van der Waals surface area contributed by atoms with Crippen LogP contribution in [-0.4, -0.2) is 11.7 Å². The Morgan fingerprint density at radius 1 is 1.00 bits per heavy atom. The molecule has 0 fully saturated rings. The van der Waals surface area contributed by atoms with Crippen LogP contribution in [0.1, 0.15) is 59.3 Å². The third-order valence-electron chi connectivity index (χ3n) is 2.77. The predicted molar refractivity (Wildman–Crippen MR) is 77.1 cm³/mol. The van der Waals surface area contributed by atoms with Crippen LogP contribution in [0.2, 0.25) is 0 Å². The van der Waals surface area contributed by atoms with E-state index in [9.17, 15) is 0 Å². The monoisotopic (exact) mass is 236 g/mol. The Balaban J connectivity index is 3.69. The highest BCUT2D eigenvalue weighted by molar-refractivity contribution is 5.04. The van der Waals surface area contributed by atoms with Gasteiger partial charge in [0.25, 0.3) is 0 Å². The van der Waals surface area contributed by atoms with Crippen LogP contribution >= 0.6 is 0 Å². The molecule has 0 rings (SSSR count). The first kappa shape index (κ1) is 16.2. The van der Waals surface area contributed by atoms with E-state index in [0.717, 1.165) is 38.5 Å². The number of aliphatic hydroxyl groups is 1. The molecule has 0 aromatic carbocycles. The van der Waals surface area contributed by atoms with Crippen molar-refractivity contribution in [2.75, 3.05) is 6.61 Å². The minimum atomic E-state index is 0.274. The van der Waals surface area contributed by atoms with Crippen LogP contribution in [0, 0.1) is 0 Å². The summed E-state index contributed by atoms with van der Waals surface area (Å²) < 4.78 is 0. The van der Waals surface area contributed by atoms with Gasteiger partial charge >= 0.3 is 0 Å². The first-order chi connectivity index (χ1) is 8.06. The summed E-state index contributed by atoms with van der Waals surface area (Å²) in [6.45, 7) is 10.8. The van der Waals surface area contributed by atoms with E-state index in [-0.39, 0.29) is 6.61 Å². The molecule has 0 saturated heterocycles. The van der Waals surface area contributed by atoms with Crippen LogP contribution in [0.5, 0.6) is 0 Å². The van der Waals surface area contributed by atoms with Gasteiger partial charge in [0.15, 0.2) is 0 Å². The van der Waals surface area contributed by atoms with E-state index in [4.69, 9.17) is 5.11 Å². The van der Waals surface area contributed by atoms with E-state index >= 15 is 0 Å². The van der Waals surface area contributed by atoms with E-state index in [1.165, 1.54) is 16.7 Å². The first-order valence-corrected chi connectivity index (χ1v) is 6.62. The smallest absolute Gasteiger partial charge is 0.0434 e. The van der Waals surface area contributed by atoms with Gasteiger partial charge in [-0.3, -0.25) is 0 Å². The van der Waals surface area contributed by atoms with Crippen LogP contribution in [-0.2, 0) is 0 Å². The van der Waals surface area contributed by atoms with Crippen molar-refractivity contribution in [3.05, 3.63) is 35.5 Å². The maximum Gasteiger partial charge on any atom is 0.0434 e. The number of aliphatic hydroxyl groups excluding tert-OH is 1. The molecule has 17 heavy (non-hydrogen) atoms. The zero-order valence-electron chi connectivity index (χ0n) is 11.8. The lowest BCUT2D eigenvalue weighted by molar-refractivity contribution is 0.288. The summed E-state index contributed by atoms with van der Waals surface area (Å²) in [5.74, 6) is 0. The van der Waals surface area contributed by atoms with Gasteiger partial charge in [-0.15, -0.1) is 0 Å². The fourth-order valence-corrected chi connectivity index (χ4v) is 1.67. The van der Waals surface area contributed by atoms with Crippen LogP contribution < -0.4 is 0 Å². The minimum Gasteiger partial charge on any atom is -0.396 e. The quantitative estimate of drug-likeness (QED) is 0.571. The molecule has 0 unspecified atom stereocenters. The summed E-state index contributed by atoms with van der Waals surface area (Å²) in [6, 6.07) is 0. The molecule has 0 aliphatic rings. The maximum absolute atomic E-state index is 8.71. The molecule has 98 valence electrons. The number of allylic oxidation sites excluding steroid dienone is 5. The van der Waals surface area contributed by atoms with Crippen LogP contribution in [0.25, 0.3) is 0 Å². The number of rotatable bonds is 9. The maximum atomic E-state index is 8.71. The summed E-state index contributed by atoms with van der Waals surface area (Å²) in [6.07, 6.45) is 10.9. The molecule has 0 bridgehead atoms. The lowest BCUT2D eigenvalue weighted by atomic mass is 10.0. The van der Waals surface area contributed by atoms with Gasteiger partial charge in [-0.1, -0.05) is 35.5 Å². The molecule has 0 heterocycles. The van der Waals surface area contributed by atoms with Gasteiger partial charge in [-0.25, -0.2) is 0 Å². The van der Waals surface area contributed by atoms with Gasteiger partial charge in [0.2, 0.25) is 0 Å². The zero-order chi connectivity index (χ0) is 13.1. The summed E-state index contributed by atoms with van der Waals surface area (Å²) >= 11 is 0. The molecular formula is C16H28O. The van der Waals surface area contributed by atoms with E-state index in [2.05, 4.69) is 39.5 Å². The normalized spacial score (nSPS) is 11.4. The molecule has 0 aromatic heterocycles. The molecule has 1 heteroatoms. The van der Waals surface area contributed by atoms with Gasteiger partial charge in [0.1, 0.15) is 0 Å². The fourth-order valence-electron chi connectivity index (χ4n) is 1.67. The highest BCUT2D eigenvalue weighted by Crippen LogP contribution is 2.13. The van der Waals surface area contributed by atoms with Crippen molar-refractivity contribution in [3.63, 3.8) is 0 Å². The van der Waals surface area contributed by atoms with E-state index in [1.54, 1.807) is 0 Å². The standard InChI is InChI=1S/C16H28O/c1-14(2)8-5-9-15(3)10-6-11-16(4)12-7-13-17/h8,10,17H,4-7,9,11-13H2,1-3H3. The molecule has 0 aliphatic carbocycles. The summed E-state index contributed by atoms with van der Waals surface area (Å²) in [4.78, 5) is 0. The Morgan fingerprint density at radius 3 is 2.24 bits per heavy atom. The topological polar surface area (TPSA) is 20.2 Å². The molecule has 0 aromatic rings. The van der Waals surface area contributed by atoms with Crippen molar-refractivity contribution in [2.45, 2.75) is 59.3 Å². The Hall–Kier alpha value is -0.820. The molecule has 0 spiro atoms. The van der Waals surface area contributed by atoms with Gasteiger partial charge in [-0.05, 0) is 59.3 Å². The highest BCUT2D eigenvalue weighted by Gasteiger charge is 1.94. The lowest BCUT2D eigenvalue weighted by Gasteiger charge is -2.03. The molecule has 0 saturated carbocycles. The van der Waals surface area contributed by atoms with E-state index in [0.29, 0.717) is 0 Å². The Labute approximate surface area is 107 Å². The molecule has 0 aliphatic heterocycles. The summed E-state index contributed by atoms with van der Waals surface area (Å²) in [5.41, 5.74) is 4.13. The third kappa shape index (κ3) is 11.4. The SMILES string of the molecule is C=C(CCC=C(C)CCC=C(C)C)CCCO. The molecule has 1 nitrogen and oxygen atoms in total. The first-order valence-electron chi connectivity index (χ1n) is 6.62. The lowest BCUT2D eigenvalue weighted by Crippen LogP contribution is -1.87. The molecule has 0 amide bonds. The van der Waals surface area contributed by atoms with Gasteiger partial charge in [0, 0.05) is 6.61 Å². The van der Waals surface area contributed by atoms with Crippen LogP contribution in [0.4, 0.5) is 0 Å². The molecule has 1 N–H and O–H groups in total. The predicted octanol–water partition coefficient (Wildman–Crippen LogP) is 4.79. The van der Waals surface area contributed by atoms with Crippen LogP contribution in [0.15, 0.2) is 35.5 Å². The average molecular weight is 236 g/mol. The van der Waals surface area contributed by atoms with Crippen molar-refractivity contribution in [3.8, 4) is 0 Å². The number of hydrogen-bond donors (Lipinski definition) is 1. The average Bonchev–Trinajstić information content (AvgIpc) is 2.25. The molecule has 0 radical (unpaired) electrons. The minimum absolute atomic E-state index is 0.274. The highest BCUT2D eigenvalue weighted by atomic mass is 16.2. The van der Waals surface area contributed by atoms with Crippen molar-refractivity contribution < 1.29 is 5.11 Å². The van der Waals surface area contributed by atoms with Gasteiger partial charge in [0.05, 0.1) is 0 Å². The van der Waals surface area contributed by atoms with Gasteiger partial charge in [-0.2, -0.15) is 0 Å². The Kier molecular flexibility index (Phi) is 9.84. The Bertz CT molecular complexity index is 267. The fraction of sp³-hybridized carbons (Fsp3) is 0.625. The van der Waals surface area contributed by atoms with Crippen LogP contribution in [0.3, 0.4) is 0 Å². The number of hydrogen-bond acceptors (Lipinski definition) is 1. The third-order valence-corrected chi connectivity index (χ3v) is 2.77. The van der Waals surface area contributed by atoms with Crippen molar-refractivity contribution in [1.82, 2.24) is 0 Å².